The van der Waals surface area contributed by atoms with E-state index in [9.17, 15) is 14.4 Å². The first kappa shape index (κ1) is 19.0. The summed E-state index contributed by atoms with van der Waals surface area (Å²) in [5.74, 6) is -0.741. The van der Waals surface area contributed by atoms with Gasteiger partial charge in [-0.3, -0.25) is 14.5 Å². The van der Waals surface area contributed by atoms with Crippen LogP contribution < -0.4 is 4.90 Å². The molecule has 2 aromatic rings. The van der Waals surface area contributed by atoms with Crippen LogP contribution in [0.2, 0.25) is 0 Å². The number of tetrazole rings is 1. The summed E-state index contributed by atoms with van der Waals surface area (Å²) in [7, 11) is 0. The minimum Gasteiger partial charge on any atom is -0.454 e. The summed E-state index contributed by atoms with van der Waals surface area (Å²) in [6.45, 7) is 4.50. The number of amides is 2. The monoisotopic (exact) mass is 398 g/mol. The Morgan fingerprint density at radius 2 is 2.03 bits per heavy atom. The summed E-state index contributed by atoms with van der Waals surface area (Å²) >= 11 is 0. The number of hydrogen-bond donors (Lipinski definition) is 0. The Morgan fingerprint density at radius 1 is 1.24 bits per heavy atom. The Balaban J connectivity index is 1.70. The highest BCUT2D eigenvalue weighted by atomic mass is 16.5. The van der Waals surface area contributed by atoms with Gasteiger partial charge >= 0.3 is 5.97 Å². The van der Waals surface area contributed by atoms with Gasteiger partial charge in [0.15, 0.2) is 12.4 Å². The van der Waals surface area contributed by atoms with Gasteiger partial charge < -0.3 is 9.64 Å². The third-order valence-corrected chi connectivity index (χ3v) is 5.39. The molecule has 3 heterocycles. The molecular weight excluding hydrogens is 376 g/mol. The van der Waals surface area contributed by atoms with Crippen LogP contribution in [0.3, 0.4) is 0 Å². The molecule has 152 valence electrons. The van der Waals surface area contributed by atoms with Crippen molar-refractivity contribution < 1.29 is 19.1 Å². The first-order valence-corrected chi connectivity index (χ1v) is 9.71. The standard InChI is InChI=1S/C19H22N6O4/c1-3-11-24-15(20-21-22-24)12-29-18(28)19-10-9-16(26)25(19)14-8-6-5-7-13(14)17(27)23(19)4-2/h5-8H,3-4,9-12H2,1-2H3. The molecule has 1 fully saturated rings. The number of para-hydroxylation sites is 1. The molecule has 2 amide bonds. The Bertz CT molecular complexity index is 973. The lowest BCUT2D eigenvalue weighted by Crippen LogP contribution is -2.68. The average Bonchev–Trinajstić information content (AvgIpc) is 3.32. The number of nitrogens with zero attached hydrogens (tertiary/aromatic N) is 6. The molecule has 0 N–H and O–H groups in total. The molecule has 1 aromatic heterocycles. The number of aromatic nitrogens is 4. The van der Waals surface area contributed by atoms with Crippen molar-refractivity contribution in [2.24, 2.45) is 0 Å². The lowest BCUT2D eigenvalue weighted by molar-refractivity contribution is -0.158. The normalized spacial score (nSPS) is 20.6. The van der Waals surface area contributed by atoms with E-state index < -0.39 is 11.6 Å². The fourth-order valence-corrected chi connectivity index (χ4v) is 4.13. The predicted octanol–water partition coefficient (Wildman–Crippen LogP) is 1.13. The number of anilines is 1. The summed E-state index contributed by atoms with van der Waals surface area (Å²) in [5.41, 5.74) is -0.641. The molecule has 2 aliphatic heterocycles. The maximum Gasteiger partial charge on any atom is 0.354 e. The highest BCUT2D eigenvalue weighted by molar-refractivity contribution is 6.15. The zero-order chi connectivity index (χ0) is 20.6. The Labute approximate surface area is 167 Å². The maximum atomic E-state index is 13.3. The smallest absolute Gasteiger partial charge is 0.354 e. The largest absolute Gasteiger partial charge is 0.454 e. The molecule has 2 aliphatic rings. The van der Waals surface area contributed by atoms with Crippen molar-refractivity contribution >= 4 is 23.5 Å². The van der Waals surface area contributed by atoms with Gasteiger partial charge in [0.2, 0.25) is 11.6 Å². The second-order valence-corrected chi connectivity index (χ2v) is 7.01. The van der Waals surface area contributed by atoms with Crippen molar-refractivity contribution in [1.82, 2.24) is 25.1 Å². The molecule has 10 nitrogen and oxygen atoms in total. The van der Waals surface area contributed by atoms with Crippen LogP contribution >= 0.6 is 0 Å². The molecule has 1 atom stereocenters. The quantitative estimate of drug-likeness (QED) is 0.671. The number of carbonyl (C=O) groups excluding carboxylic acids is 3. The zero-order valence-electron chi connectivity index (χ0n) is 16.4. The summed E-state index contributed by atoms with van der Waals surface area (Å²) in [4.78, 5) is 42.1. The highest BCUT2D eigenvalue weighted by Gasteiger charge is 2.61. The van der Waals surface area contributed by atoms with E-state index in [-0.39, 0.29) is 37.8 Å². The van der Waals surface area contributed by atoms with Crippen LogP contribution in [0, 0.1) is 0 Å². The molecule has 0 aliphatic carbocycles. The molecule has 0 bridgehead atoms. The van der Waals surface area contributed by atoms with Crippen molar-refractivity contribution in [3.05, 3.63) is 35.7 Å². The number of hydrogen-bond acceptors (Lipinski definition) is 7. The van der Waals surface area contributed by atoms with E-state index >= 15 is 0 Å². The van der Waals surface area contributed by atoms with Gasteiger partial charge in [0.25, 0.3) is 5.91 Å². The molecule has 10 heteroatoms. The molecular formula is C19H22N6O4. The molecule has 1 saturated heterocycles. The third kappa shape index (κ3) is 2.78. The van der Waals surface area contributed by atoms with E-state index in [1.54, 1.807) is 35.9 Å². The Hall–Kier alpha value is -3.30. The van der Waals surface area contributed by atoms with Crippen LogP contribution in [-0.2, 0) is 27.5 Å². The van der Waals surface area contributed by atoms with Gasteiger partial charge in [-0.2, -0.15) is 0 Å². The van der Waals surface area contributed by atoms with Crippen molar-refractivity contribution in [3.63, 3.8) is 0 Å². The Kier molecular flexibility index (Phi) is 4.77. The minimum atomic E-state index is -1.49. The van der Waals surface area contributed by atoms with E-state index in [1.807, 2.05) is 6.92 Å². The lowest BCUT2D eigenvalue weighted by atomic mass is 9.96. The zero-order valence-corrected chi connectivity index (χ0v) is 16.4. The van der Waals surface area contributed by atoms with Gasteiger partial charge in [-0.15, -0.1) is 5.10 Å². The summed E-state index contributed by atoms with van der Waals surface area (Å²) in [5, 5.41) is 11.4. The molecule has 29 heavy (non-hydrogen) atoms. The van der Waals surface area contributed by atoms with Crippen molar-refractivity contribution in [1.29, 1.82) is 0 Å². The van der Waals surface area contributed by atoms with Crippen LogP contribution in [0.5, 0.6) is 0 Å². The van der Waals surface area contributed by atoms with Crippen molar-refractivity contribution in [2.45, 2.75) is 51.9 Å². The molecule has 0 saturated carbocycles. The second kappa shape index (κ2) is 7.26. The van der Waals surface area contributed by atoms with E-state index in [0.717, 1.165) is 6.42 Å². The summed E-state index contributed by atoms with van der Waals surface area (Å²) < 4.78 is 7.14. The predicted molar refractivity (Wildman–Crippen MR) is 101 cm³/mol. The molecule has 4 rings (SSSR count). The topological polar surface area (TPSA) is 111 Å². The van der Waals surface area contributed by atoms with Gasteiger partial charge in [-0.1, -0.05) is 19.1 Å². The first-order valence-electron chi connectivity index (χ1n) is 9.71. The van der Waals surface area contributed by atoms with Crippen molar-refractivity contribution in [3.8, 4) is 0 Å². The number of esters is 1. The highest BCUT2D eigenvalue weighted by Crippen LogP contribution is 2.44. The first-order chi connectivity index (χ1) is 14.0. The van der Waals surface area contributed by atoms with Crippen LogP contribution in [0.15, 0.2) is 24.3 Å². The number of fused-ring (bicyclic) bond motifs is 3. The van der Waals surface area contributed by atoms with Crippen LogP contribution in [0.1, 0.15) is 49.3 Å². The van der Waals surface area contributed by atoms with E-state index in [2.05, 4.69) is 15.5 Å². The van der Waals surface area contributed by atoms with E-state index in [0.29, 0.717) is 23.6 Å². The van der Waals surface area contributed by atoms with Gasteiger partial charge in [0.1, 0.15) is 0 Å². The summed E-state index contributed by atoms with van der Waals surface area (Å²) in [6, 6.07) is 6.84. The van der Waals surface area contributed by atoms with Crippen LogP contribution in [0.4, 0.5) is 5.69 Å². The van der Waals surface area contributed by atoms with E-state index in [4.69, 9.17) is 4.74 Å². The molecule has 0 radical (unpaired) electrons. The van der Waals surface area contributed by atoms with Crippen LogP contribution in [-0.4, -0.2) is 55.1 Å². The van der Waals surface area contributed by atoms with Gasteiger partial charge in [0, 0.05) is 25.9 Å². The number of rotatable bonds is 6. The number of carbonyl (C=O) groups is 3. The molecule has 1 unspecified atom stereocenters. The fourth-order valence-electron chi connectivity index (χ4n) is 4.13. The van der Waals surface area contributed by atoms with Gasteiger partial charge in [0.05, 0.1) is 11.3 Å². The maximum absolute atomic E-state index is 13.3. The summed E-state index contributed by atoms with van der Waals surface area (Å²) in [6.07, 6.45) is 1.16. The minimum absolute atomic E-state index is 0.136. The number of aryl methyl sites for hydroxylation is 1. The average molecular weight is 398 g/mol. The van der Waals surface area contributed by atoms with Crippen LogP contribution in [0.25, 0.3) is 0 Å². The van der Waals surface area contributed by atoms with Gasteiger partial charge in [-0.05, 0) is 35.9 Å². The lowest BCUT2D eigenvalue weighted by Gasteiger charge is -2.47. The Morgan fingerprint density at radius 3 is 2.79 bits per heavy atom. The number of benzene rings is 1. The third-order valence-electron chi connectivity index (χ3n) is 5.39. The number of ether oxygens (including phenoxy) is 1. The van der Waals surface area contributed by atoms with E-state index in [1.165, 1.54) is 9.80 Å². The molecule has 1 aromatic carbocycles. The SMILES string of the molecule is CCCn1nnnc1COC(=O)C12CCC(=O)N1c1ccccc1C(=O)N2CC. The van der Waals surface area contributed by atoms with Crippen molar-refractivity contribution in [2.75, 3.05) is 11.4 Å². The second-order valence-electron chi connectivity index (χ2n) is 7.01. The number of likely N-dealkylation sites (N-methyl/N-ethyl adjacent to an activating group) is 1. The molecule has 0 spiro atoms. The fraction of sp³-hybridized carbons (Fsp3) is 0.474. The van der Waals surface area contributed by atoms with Gasteiger partial charge in [-0.25, -0.2) is 9.48 Å².